The zero-order chi connectivity index (χ0) is 21.6. The molecule has 0 spiro atoms. The molecule has 0 aromatic carbocycles. The maximum atomic E-state index is 12.9. The number of hydrogen-bond donors (Lipinski definition) is 0. The Kier molecular flexibility index (Phi) is 11.7. The molecule has 2 amide bonds. The number of aryl methyl sites for hydroxylation is 1. The van der Waals surface area contributed by atoms with Crippen LogP contribution in [0.25, 0.3) is 0 Å². The smallest absolute Gasteiger partial charge is 0.306 e. The second-order valence-electron chi connectivity index (χ2n) is 6.53. The average molecular weight is 411 g/mol. The van der Waals surface area contributed by atoms with E-state index in [1.807, 2.05) is 29.9 Å². The quantitative estimate of drug-likeness (QED) is 0.421. The fraction of sp³-hybridized carbons (Fsp3) is 0.650. The molecule has 1 aromatic rings. The lowest BCUT2D eigenvalue weighted by molar-refractivity contribution is -0.146. The largest absolute Gasteiger partial charge is 0.466 e. The molecule has 9 heteroatoms. The van der Waals surface area contributed by atoms with E-state index in [-0.39, 0.29) is 44.4 Å². The van der Waals surface area contributed by atoms with E-state index in [9.17, 15) is 14.4 Å². The number of rotatable bonds is 14. The molecule has 0 bridgehead atoms. The second-order valence-corrected chi connectivity index (χ2v) is 6.53. The first kappa shape index (κ1) is 24.6. The highest BCUT2D eigenvalue weighted by Crippen LogP contribution is 2.08. The van der Waals surface area contributed by atoms with Crippen LogP contribution in [0.5, 0.6) is 0 Å². The first-order valence-corrected chi connectivity index (χ1v) is 9.72. The summed E-state index contributed by atoms with van der Waals surface area (Å²) in [6.07, 6.45) is 1.89. The summed E-state index contributed by atoms with van der Waals surface area (Å²) in [6, 6.07) is 3.86. The first-order chi connectivity index (χ1) is 13.9. The molecule has 1 heterocycles. The predicted octanol–water partition coefficient (Wildman–Crippen LogP) is 0.818. The van der Waals surface area contributed by atoms with Crippen LogP contribution in [0.4, 0.5) is 0 Å². The summed E-state index contributed by atoms with van der Waals surface area (Å²) in [5.41, 5.74) is 0.978. The van der Waals surface area contributed by atoms with Crippen LogP contribution in [0.15, 0.2) is 18.3 Å². The van der Waals surface area contributed by atoms with Crippen LogP contribution in [0.3, 0.4) is 0 Å². The van der Waals surface area contributed by atoms with Gasteiger partial charge in [0.1, 0.15) is 0 Å². The van der Waals surface area contributed by atoms with Gasteiger partial charge in [0.25, 0.3) is 0 Å². The van der Waals surface area contributed by atoms with Gasteiger partial charge in [-0.25, -0.2) is 0 Å². The fourth-order valence-electron chi connectivity index (χ4n) is 2.71. The Morgan fingerprint density at radius 2 is 1.66 bits per heavy atom. The molecule has 164 valence electrons. The molecule has 0 aliphatic rings. The van der Waals surface area contributed by atoms with E-state index in [1.165, 1.54) is 12.0 Å². The number of esters is 1. The fourth-order valence-corrected chi connectivity index (χ4v) is 2.71. The summed E-state index contributed by atoms with van der Waals surface area (Å²) in [4.78, 5) is 40.1. The van der Waals surface area contributed by atoms with Crippen molar-refractivity contribution in [1.82, 2.24) is 14.4 Å². The maximum absolute atomic E-state index is 12.9. The lowest BCUT2D eigenvalue weighted by atomic mass is 10.2. The van der Waals surface area contributed by atoms with Gasteiger partial charge in [-0.2, -0.15) is 0 Å². The van der Waals surface area contributed by atoms with Crippen molar-refractivity contribution in [2.75, 3.05) is 53.7 Å². The van der Waals surface area contributed by atoms with Crippen molar-refractivity contribution < 1.29 is 28.6 Å². The van der Waals surface area contributed by atoms with Gasteiger partial charge in [-0.05, 0) is 19.1 Å². The summed E-state index contributed by atoms with van der Waals surface area (Å²) in [5.74, 6) is -0.901. The van der Waals surface area contributed by atoms with Crippen LogP contribution in [0.2, 0.25) is 0 Å². The zero-order valence-corrected chi connectivity index (χ0v) is 17.9. The summed E-state index contributed by atoms with van der Waals surface area (Å²) in [7, 11) is 5.02. The van der Waals surface area contributed by atoms with Crippen molar-refractivity contribution in [3.05, 3.63) is 24.0 Å². The van der Waals surface area contributed by atoms with Gasteiger partial charge in [-0.15, -0.1) is 0 Å². The number of hydrogen-bond acceptors (Lipinski definition) is 6. The van der Waals surface area contributed by atoms with Crippen molar-refractivity contribution in [3.63, 3.8) is 0 Å². The molecule has 0 atom stereocenters. The van der Waals surface area contributed by atoms with Crippen molar-refractivity contribution in [2.24, 2.45) is 7.05 Å². The van der Waals surface area contributed by atoms with Gasteiger partial charge in [-0.3, -0.25) is 14.4 Å². The second kappa shape index (κ2) is 13.7. The molecule has 0 N–H and O–H groups in total. The molecule has 0 radical (unpaired) electrons. The molecule has 0 saturated carbocycles. The number of nitrogens with zero attached hydrogens (tertiary/aromatic N) is 3. The maximum Gasteiger partial charge on any atom is 0.306 e. The number of amides is 2. The number of methoxy groups -OCH3 is 2. The van der Waals surface area contributed by atoms with Gasteiger partial charge < -0.3 is 28.6 Å². The molecular weight excluding hydrogens is 378 g/mol. The van der Waals surface area contributed by atoms with E-state index in [0.717, 1.165) is 5.69 Å². The number of carbonyl (C=O) groups is 3. The Morgan fingerprint density at radius 1 is 1.00 bits per heavy atom. The highest BCUT2D eigenvalue weighted by Gasteiger charge is 2.22. The average Bonchev–Trinajstić information content (AvgIpc) is 3.10. The molecule has 0 aliphatic heterocycles. The van der Waals surface area contributed by atoms with E-state index >= 15 is 0 Å². The third kappa shape index (κ3) is 9.10. The molecule has 1 aromatic heterocycles. The van der Waals surface area contributed by atoms with Crippen LogP contribution in [0.1, 0.15) is 25.5 Å². The Balaban J connectivity index is 2.78. The lowest BCUT2D eigenvalue weighted by Crippen LogP contribution is -2.45. The minimum Gasteiger partial charge on any atom is -0.466 e. The molecule has 0 aliphatic carbocycles. The van der Waals surface area contributed by atoms with Gasteiger partial charge in [0, 0.05) is 52.7 Å². The number of ether oxygens (including phenoxy) is 3. The van der Waals surface area contributed by atoms with Crippen LogP contribution in [0, 0.1) is 0 Å². The first-order valence-electron chi connectivity index (χ1n) is 9.72. The molecule has 0 saturated heterocycles. The van der Waals surface area contributed by atoms with Crippen LogP contribution >= 0.6 is 0 Å². The molecule has 0 unspecified atom stereocenters. The standard InChI is InChI=1S/C20H33N3O6/c1-5-29-20(26)9-8-18(24)23(12-14-28-4)16-19(25)22(11-13-27-3)15-17-7-6-10-21(17)2/h6-7,10H,5,8-9,11-16H2,1-4H3. The van der Waals surface area contributed by atoms with E-state index < -0.39 is 5.97 Å². The van der Waals surface area contributed by atoms with E-state index in [2.05, 4.69) is 0 Å². The Labute approximate surface area is 172 Å². The van der Waals surface area contributed by atoms with Gasteiger partial charge in [0.15, 0.2) is 0 Å². The number of carbonyl (C=O) groups excluding carboxylic acids is 3. The predicted molar refractivity (Wildman–Crippen MR) is 107 cm³/mol. The van der Waals surface area contributed by atoms with Crippen LogP contribution < -0.4 is 0 Å². The zero-order valence-electron chi connectivity index (χ0n) is 17.9. The topological polar surface area (TPSA) is 90.3 Å². The normalized spacial score (nSPS) is 10.6. The van der Waals surface area contributed by atoms with Crippen molar-refractivity contribution in [3.8, 4) is 0 Å². The third-order valence-corrected chi connectivity index (χ3v) is 4.41. The van der Waals surface area contributed by atoms with Crippen LogP contribution in [-0.4, -0.2) is 85.8 Å². The number of aromatic nitrogens is 1. The lowest BCUT2D eigenvalue weighted by Gasteiger charge is -2.27. The van der Waals surface area contributed by atoms with E-state index in [4.69, 9.17) is 14.2 Å². The summed E-state index contributed by atoms with van der Waals surface area (Å²) in [5, 5.41) is 0. The van der Waals surface area contributed by atoms with Gasteiger partial charge in [0.05, 0.1) is 39.3 Å². The molecule has 0 fully saturated rings. The molecule has 9 nitrogen and oxygen atoms in total. The van der Waals surface area contributed by atoms with Crippen LogP contribution in [-0.2, 0) is 42.2 Å². The minimum atomic E-state index is -0.427. The molecular formula is C20H33N3O6. The Hall–Kier alpha value is -2.39. The van der Waals surface area contributed by atoms with Crippen molar-refractivity contribution in [1.29, 1.82) is 0 Å². The van der Waals surface area contributed by atoms with E-state index in [0.29, 0.717) is 26.3 Å². The van der Waals surface area contributed by atoms with Crippen molar-refractivity contribution in [2.45, 2.75) is 26.3 Å². The third-order valence-electron chi connectivity index (χ3n) is 4.41. The highest BCUT2D eigenvalue weighted by molar-refractivity contribution is 5.86. The van der Waals surface area contributed by atoms with Gasteiger partial charge in [-0.1, -0.05) is 0 Å². The molecule has 29 heavy (non-hydrogen) atoms. The minimum absolute atomic E-state index is 0.00822. The van der Waals surface area contributed by atoms with Crippen molar-refractivity contribution >= 4 is 17.8 Å². The summed E-state index contributed by atoms with van der Waals surface area (Å²) in [6.45, 7) is 3.69. The van der Waals surface area contributed by atoms with Gasteiger partial charge in [0.2, 0.25) is 11.8 Å². The summed E-state index contributed by atoms with van der Waals surface area (Å²) < 4.78 is 17.0. The van der Waals surface area contributed by atoms with E-state index in [1.54, 1.807) is 18.9 Å². The Bertz CT molecular complexity index is 646. The molecule has 1 rings (SSSR count). The monoisotopic (exact) mass is 411 g/mol. The Morgan fingerprint density at radius 3 is 2.21 bits per heavy atom. The SMILES string of the molecule is CCOC(=O)CCC(=O)N(CCOC)CC(=O)N(CCOC)Cc1cccn1C. The highest BCUT2D eigenvalue weighted by atomic mass is 16.5. The summed E-state index contributed by atoms with van der Waals surface area (Å²) >= 11 is 0. The van der Waals surface area contributed by atoms with Gasteiger partial charge >= 0.3 is 5.97 Å².